The van der Waals surface area contributed by atoms with Crippen molar-refractivity contribution >= 4 is 16.9 Å². The fraction of sp³-hybridized carbons (Fsp3) is 0.0909. The summed E-state index contributed by atoms with van der Waals surface area (Å²) in [5, 5.41) is 9.35. The van der Waals surface area contributed by atoms with Crippen LogP contribution in [-0.4, -0.2) is 16.1 Å². The lowest BCUT2D eigenvalue weighted by Gasteiger charge is -2.00. The standard InChI is InChI=1S/C11H8FNO2/c12-10-4-2-8-5-7(6-11(14)15)1-3-9(8)13-10/h1-5H,6H2,(H,14,15). The number of fused-ring (bicyclic) bond motifs is 1. The Bertz CT molecular complexity index is 525. The van der Waals surface area contributed by atoms with Crippen LogP contribution in [0.4, 0.5) is 4.39 Å². The first kappa shape index (κ1) is 9.58. The Morgan fingerprint density at radius 1 is 1.33 bits per heavy atom. The second-order valence-corrected chi connectivity index (χ2v) is 3.23. The average molecular weight is 205 g/mol. The van der Waals surface area contributed by atoms with E-state index in [0.29, 0.717) is 11.1 Å². The lowest BCUT2D eigenvalue weighted by atomic mass is 10.1. The molecule has 0 bridgehead atoms. The topological polar surface area (TPSA) is 50.2 Å². The van der Waals surface area contributed by atoms with Gasteiger partial charge in [0.05, 0.1) is 11.9 Å². The number of aromatic nitrogens is 1. The molecule has 0 aliphatic rings. The minimum atomic E-state index is -0.885. The van der Waals surface area contributed by atoms with Crippen LogP contribution in [0.25, 0.3) is 10.9 Å². The van der Waals surface area contributed by atoms with Crippen molar-refractivity contribution in [1.82, 2.24) is 4.98 Å². The Morgan fingerprint density at radius 3 is 2.87 bits per heavy atom. The molecular weight excluding hydrogens is 197 g/mol. The fourth-order valence-corrected chi connectivity index (χ4v) is 1.43. The number of hydrogen-bond donors (Lipinski definition) is 1. The molecule has 0 unspecified atom stereocenters. The number of carboxylic acid groups (broad SMARTS) is 1. The van der Waals surface area contributed by atoms with Gasteiger partial charge in [0.25, 0.3) is 0 Å². The summed E-state index contributed by atoms with van der Waals surface area (Å²) < 4.78 is 12.7. The molecule has 1 heterocycles. The maximum absolute atomic E-state index is 12.7. The first-order valence-corrected chi connectivity index (χ1v) is 4.42. The highest BCUT2D eigenvalue weighted by Crippen LogP contribution is 2.14. The van der Waals surface area contributed by atoms with Crippen LogP contribution in [0.1, 0.15) is 5.56 Å². The quantitative estimate of drug-likeness (QED) is 0.763. The van der Waals surface area contributed by atoms with Crippen LogP contribution < -0.4 is 0 Å². The van der Waals surface area contributed by atoms with E-state index >= 15 is 0 Å². The molecule has 0 aliphatic carbocycles. The van der Waals surface area contributed by atoms with E-state index in [-0.39, 0.29) is 6.42 Å². The molecular formula is C11H8FNO2. The fourth-order valence-electron chi connectivity index (χ4n) is 1.43. The molecule has 0 saturated heterocycles. The minimum absolute atomic E-state index is 0.0344. The summed E-state index contributed by atoms with van der Waals surface area (Å²) in [7, 11) is 0. The molecule has 15 heavy (non-hydrogen) atoms. The van der Waals surface area contributed by atoms with Crippen molar-refractivity contribution in [1.29, 1.82) is 0 Å². The minimum Gasteiger partial charge on any atom is -0.481 e. The zero-order chi connectivity index (χ0) is 10.8. The van der Waals surface area contributed by atoms with E-state index in [9.17, 15) is 9.18 Å². The van der Waals surface area contributed by atoms with E-state index in [2.05, 4.69) is 4.98 Å². The number of benzene rings is 1. The summed E-state index contributed by atoms with van der Waals surface area (Å²) in [5.74, 6) is -1.42. The van der Waals surface area contributed by atoms with E-state index < -0.39 is 11.9 Å². The second kappa shape index (κ2) is 3.65. The monoisotopic (exact) mass is 205 g/mol. The first-order chi connectivity index (χ1) is 7.15. The zero-order valence-electron chi connectivity index (χ0n) is 7.77. The molecule has 0 amide bonds. The molecule has 0 radical (unpaired) electrons. The van der Waals surface area contributed by atoms with Crippen LogP contribution >= 0.6 is 0 Å². The summed E-state index contributed by atoms with van der Waals surface area (Å²) in [4.78, 5) is 14.2. The number of hydrogen-bond acceptors (Lipinski definition) is 2. The Morgan fingerprint density at radius 2 is 2.13 bits per heavy atom. The van der Waals surface area contributed by atoms with E-state index in [4.69, 9.17) is 5.11 Å². The number of carboxylic acids is 1. The Hall–Kier alpha value is -1.97. The first-order valence-electron chi connectivity index (χ1n) is 4.42. The third-order valence-electron chi connectivity index (χ3n) is 2.07. The van der Waals surface area contributed by atoms with Crippen molar-refractivity contribution < 1.29 is 14.3 Å². The van der Waals surface area contributed by atoms with Crippen molar-refractivity contribution in [3.8, 4) is 0 Å². The molecule has 1 aromatic carbocycles. The van der Waals surface area contributed by atoms with Crippen LogP contribution in [-0.2, 0) is 11.2 Å². The molecule has 0 saturated carbocycles. The van der Waals surface area contributed by atoms with Crippen molar-refractivity contribution in [3.63, 3.8) is 0 Å². The van der Waals surface area contributed by atoms with E-state index in [1.807, 2.05) is 0 Å². The molecule has 3 nitrogen and oxygen atoms in total. The smallest absolute Gasteiger partial charge is 0.307 e. The average Bonchev–Trinajstić information content (AvgIpc) is 2.17. The van der Waals surface area contributed by atoms with Gasteiger partial charge < -0.3 is 5.11 Å². The van der Waals surface area contributed by atoms with Gasteiger partial charge >= 0.3 is 5.97 Å². The number of carbonyl (C=O) groups is 1. The van der Waals surface area contributed by atoms with Crippen LogP contribution in [0.5, 0.6) is 0 Å². The number of pyridine rings is 1. The summed E-state index contributed by atoms with van der Waals surface area (Å²) in [6.07, 6.45) is -0.0344. The van der Waals surface area contributed by atoms with E-state index in [0.717, 1.165) is 5.39 Å². The maximum atomic E-state index is 12.7. The highest BCUT2D eigenvalue weighted by Gasteiger charge is 2.02. The van der Waals surface area contributed by atoms with Crippen molar-refractivity contribution in [2.75, 3.05) is 0 Å². The van der Waals surface area contributed by atoms with Gasteiger partial charge in [0, 0.05) is 5.39 Å². The van der Waals surface area contributed by atoms with E-state index in [1.165, 1.54) is 6.07 Å². The van der Waals surface area contributed by atoms with Gasteiger partial charge in [-0.3, -0.25) is 4.79 Å². The molecule has 0 aliphatic heterocycles. The van der Waals surface area contributed by atoms with Gasteiger partial charge in [-0.25, -0.2) is 4.98 Å². The van der Waals surface area contributed by atoms with Gasteiger partial charge in [0.1, 0.15) is 0 Å². The van der Waals surface area contributed by atoms with Crippen LogP contribution in [0, 0.1) is 5.95 Å². The molecule has 2 aromatic rings. The third-order valence-corrected chi connectivity index (χ3v) is 2.07. The van der Waals surface area contributed by atoms with Crippen LogP contribution in [0.15, 0.2) is 30.3 Å². The summed E-state index contributed by atoms with van der Waals surface area (Å²) in [6, 6.07) is 7.81. The summed E-state index contributed by atoms with van der Waals surface area (Å²) in [6.45, 7) is 0. The molecule has 0 atom stereocenters. The van der Waals surface area contributed by atoms with Gasteiger partial charge in [0.15, 0.2) is 0 Å². The lowest BCUT2D eigenvalue weighted by Crippen LogP contribution is -1.99. The van der Waals surface area contributed by atoms with Gasteiger partial charge in [-0.1, -0.05) is 6.07 Å². The maximum Gasteiger partial charge on any atom is 0.307 e. The molecule has 76 valence electrons. The molecule has 1 N–H and O–H groups in total. The summed E-state index contributed by atoms with van der Waals surface area (Å²) in [5.41, 5.74) is 1.22. The number of aliphatic carboxylic acids is 1. The molecule has 0 spiro atoms. The molecule has 1 aromatic heterocycles. The zero-order valence-corrected chi connectivity index (χ0v) is 7.77. The van der Waals surface area contributed by atoms with Crippen molar-refractivity contribution in [2.45, 2.75) is 6.42 Å². The predicted octanol–water partition coefficient (Wildman–Crippen LogP) is 2.00. The second-order valence-electron chi connectivity index (χ2n) is 3.23. The van der Waals surface area contributed by atoms with Crippen LogP contribution in [0.3, 0.4) is 0 Å². The van der Waals surface area contributed by atoms with Crippen molar-refractivity contribution in [2.24, 2.45) is 0 Å². The summed E-state index contributed by atoms with van der Waals surface area (Å²) >= 11 is 0. The molecule has 2 rings (SSSR count). The van der Waals surface area contributed by atoms with Crippen molar-refractivity contribution in [3.05, 3.63) is 41.8 Å². The molecule has 0 fully saturated rings. The Balaban J connectivity index is 2.47. The Kier molecular flexibility index (Phi) is 2.33. The SMILES string of the molecule is O=C(O)Cc1ccc2nc(F)ccc2c1. The van der Waals surface area contributed by atoms with Gasteiger partial charge in [-0.05, 0) is 29.8 Å². The lowest BCUT2D eigenvalue weighted by molar-refractivity contribution is -0.136. The van der Waals surface area contributed by atoms with Gasteiger partial charge in [0.2, 0.25) is 5.95 Å². The van der Waals surface area contributed by atoms with Gasteiger partial charge in [-0.2, -0.15) is 4.39 Å². The largest absolute Gasteiger partial charge is 0.481 e. The van der Waals surface area contributed by atoms with E-state index in [1.54, 1.807) is 24.3 Å². The normalized spacial score (nSPS) is 10.5. The predicted molar refractivity (Wildman–Crippen MR) is 53.0 cm³/mol. The van der Waals surface area contributed by atoms with Gasteiger partial charge in [-0.15, -0.1) is 0 Å². The Labute approximate surface area is 85.2 Å². The number of halogens is 1. The van der Waals surface area contributed by atoms with Crippen LogP contribution in [0.2, 0.25) is 0 Å². The molecule has 4 heteroatoms. The number of nitrogens with zero attached hydrogens (tertiary/aromatic N) is 1. The number of rotatable bonds is 2. The third kappa shape index (κ3) is 2.10. The highest BCUT2D eigenvalue weighted by molar-refractivity contribution is 5.80. The highest BCUT2D eigenvalue weighted by atomic mass is 19.1.